The van der Waals surface area contributed by atoms with Crippen LogP contribution in [0.3, 0.4) is 0 Å². The number of pyridine rings is 1. The van der Waals surface area contributed by atoms with Gasteiger partial charge >= 0.3 is 0 Å². The van der Waals surface area contributed by atoms with E-state index >= 15 is 0 Å². The van der Waals surface area contributed by atoms with Crippen LogP contribution in [0.1, 0.15) is 27.7 Å². The van der Waals surface area contributed by atoms with Crippen molar-refractivity contribution in [3.8, 4) is 0 Å². The lowest BCUT2D eigenvalue weighted by molar-refractivity contribution is 0.0786. The zero-order chi connectivity index (χ0) is 17.4. The van der Waals surface area contributed by atoms with Gasteiger partial charge in [0.25, 0.3) is 5.91 Å². The first kappa shape index (κ1) is 15.8. The summed E-state index contributed by atoms with van der Waals surface area (Å²) in [5, 5.41) is 8.11. The summed E-state index contributed by atoms with van der Waals surface area (Å²) in [6.07, 6.45) is 1.82. The van der Waals surface area contributed by atoms with E-state index in [4.69, 9.17) is 5.73 Å². The van der Waals surface area contributed by atoms with Crippen LogP contribution in [-0.2, 0) is 0 Å². The molecular formula is C19H21N5O. The number of nitrogens with two attached hydrogens (primary N) is 1. The zero-order valence-corrected chi connectivity index (χ0v) is 14.2. The SMILES string of the molecule is Cc1nnc2ccc(C(=O)N3C[C@@H](CN)[C@H](c4ccccc4)C3)cn12. The third-order valence-corrected chi connectivity index (χ3v) is 5.08. The van der Waals surface area contributed by atoms with Crippen LogP contribution in [0.25, 0.3) is 5.65 Å². The van der Waals surface area contributed by atoms with Crippen LogP contribution in [0.5, 0.6) is 0 Å². The number of rotatable bonds is 3. The van der Waals surface area contributed by atoms with Crippen LogP contribution in [0.4, 0.5) is 0 Å². The van der Waals surface area contributed by atoms with E-state index < -0.39 is 0 Å². The van der Waals surface area contributed by atoms with Crippen LogP contribution in [-0.4, -0.2) is 45.0 Å². The average Bonchev–Trinajstić information content (AvgIpc) is 3.25. The molecule has 6 heteroatoms. The lowest BCUT2D eigenvalue weighted by Gasteiger charge is -2.17. The third kappa shape index (κ3) is 2.78. The molecule has 2 atom stereocenters. The second kappa shape index (κ2) is 6.29. The molecule has 1 saturated heterocycles. The fourth-order valence-corrected chi connectivity index (χ4v) is 3.67. The molecule has 6 nitrogen and oxygen atoms in total. The Balaban J connectivity index is 1.60. The van der Waals surface area contributed by atoms with Crippen molar-refractivity contribution in [1.29, 1.82) is 0 Å². The highest BCUT2D eigenvalue weighted by molar-refractivity contribution is 5.94. The van der Waals surface area contributed by atoms with Gasteiger partial charge in [-0.1, -0.05) is 30.3 Å². The Bertz CT molecular complexity index is 905. The largest absolute Gasteiger partial charge is 0.338 e. The van der Waals surface area contributed by atoms with Gasteiger partial charge in [0.1, 0.15) is 5.82 Å². The van der Waals surface area contributed by atoms with Crippen molar-refractivity contribution in [3.05, 3.63) is 65.6 Å². The molecule has 2 aromatic heterocycles. The Morgan fingerprint density at radius 2 is 1.96 bits per heavy atom. The number of carbonyl (C=O) groups is 1. The number of nitrogens with zero attached hydrogens (tertiary/aromatic N) is 4. The fraction of sp³-hybridized carbons (Fsp3) is 0.316. The summed E-state index contributed by atoms with van der Waals surface area (Å²) in [6, 6.07) is 14.0. The molecule has 1 fully saturated rings. The molecule has 0 unspecified atom stereocenters. The summed E-state index contributed by atoms with van der Waals surface area (Å²) in [5.74, 6) is 1.38. The van der Waals surface area contributed by atoms with E-state index in [0.717, 1.165) is 11.5 Å². The van der Waals surface area contributed by atoms with Gasteiger partial charge in [-0.15, -0.1) is 10.2 Å². The number of carbonyl (C=O) groups excluding carboxylic acids is 1. The van der Waals surface area contributed by atoms with Gasteiger partial charge in [-0.05, 0) is 37.1 Å². The van der Waals surface area contributed by atoms with Crippen LogP contribution < -0.4 is 5.73 Å². The predicted molar refractivity (Wildman–Crippen MR) is 95.4 cm³/mol. The predicted octanol–water partition coefficient (Wildman–Crippen LogP) is 1.85. The van der Waals surface area contributed by atoms with E-state index in [1.807, 2.05) is 52.8 Å². The van der Waals surface area contributed by atoms with Crippen molar-refractivity contribution >= 4 is 11.6 Å². The van der Waals surface area contributed by atoms with Crippen LogP contribution in [0.15, 0.2) is 48.7 Å². The molecular weight excluding hydrogens is 314 g/mol. The van der Waals surface area contributed by atoms with E-state index in [9.17, 15) is 4.79 Å². The van der Waals surface area contributed by atoms with Crippen molar-refractivity contribution in [1.82, 2.24) is 19.5 Å². The maximum Gasteiger partial charge on any atom is 0.255 e. The quantitative estimate of drug-likeness (QED) is 0.792. The first-order valence-corrected chi connectivity index (χ1v) is 8.53. The van der Waals surface area contributed by atoms with Gasteiger partial charge in [0.15, 0.2) is 5.65 Å². The maximum atomic E-state index is 13.0. The second-order valence-electron chi connectivity index (χ2n) is 6.62. The normalized spacial score (nSPS) is 20.3. The Hall–Kier alpha value is -2.73. The highest BCUT2D eigenvalue weighted by atomic mass is 16.2. The maximum absolute atomic E-state index is 13.0. The van der Waals surface area contributed by atoms with Crippen molar-refractivity contribution in [2.75, 3.05) is 19.6 Å². The third-order valence-electron chi connectivity index (χ3n) is 5.08. The minimum atomic E-state index is 0.0341. The van der Waals surface area contributed by atoms with Crippen LogP contribution >= 0.6 is 0 Å². The highest BCUT2D eigenvalue weighted by Gasteiger charge is 2.35. The van der Waals surface area contributed by atoms with Crippen molar-refractivity contribution in [2.24, 2.45) is 11.7 Å². The van der Waals surface area contributed by atoms with Crippen LogP contribution in [0, 0.1) is 12.8 Å². The molecule has 0 bridgehead atoms. The first-order valence-electron chi connectivity index (χ1n) is 8.53. The van der Waals surface area contributed by atoms with E-state index in [0.29, 0.717) is 25.2 Å². The van der Waals surface area contributed by atoms with Crippen molar-refractivity contribution < 1.29 is 4.79 Å². The monoisotopic (exact) mass is 335 g/mol. The summed E-state index contributed by atoms with van der Waals surface area (Å²) >= 11 is 0. The second-order valence-corrected chi connectivity index (χ2v) is 6.62. The minimum absolute atomic E-state index is 0.0341. The molecule has 1 amide bonds. The zero-order valence-electron chi connectivity index (χ0n) is 14.2. The van der Waals surface area contributed by atoms with Gasteiger partial charge in [-0.25, -0.2) is 0 Å². The molecule has 128 valence electrons. The van der Waals surface area contributed by atoms with E-state index in [1.54, 1.807) is 0 Å². The molecule has 2 N–H and O–H groups in total. The summed E-state index contributed by atoms with van der Waals surface area (Å²) in [5.41, 5.74) is 8.63. The molecule has 0 aliphatic carbocycles. The molecule has 1 aliphatic heterocycles. The number of hydrogen-bond donors (Lipinski definition) is 1. The number of fused-ring (bicyclic) bond motifs is 1. The number of amides is 1. The van der Waals surface area contributed by atoms with Gasteiger partial charge in [-0.3, -0.25) is 9.20 Å². The summed E-state index contributed by atoms with van der Waals surface area (Å²) in [6.45, 7) is 3.84. The number of aryl methyl sites for hydroxylation is 1. The smallest absolute Gasteiger partial charge is 0.255 e. The molecule has 3 aromatic rings. The summed E-state index contributed by atoms with van der Waals surface area (Å²) < 4.78 is 1.85. The van der Waals surface area contributed by atoms with Gasteiger partial charge in [0.05, 0.1) is 5.56 Å². The van der Waals surface area contributed by atoms with Crippen molar-refractivity contribution in [3.63, 3.8) is 0 Å². The Morgan fingerprint density at radius 1 is 1.16 bits per heavy atom. The molecule has 1 aromatic carbocycles. The Morgan fingerprint density at radius 3 is 2.72 bits per heavy atom. The Kier molecular flexibility index (Phi) is 3.97. The molecule has 0 saturated carbocycles. The van der Waals surface area contributed by atoms with Crippen LogP contribution in [0.2, 0.25) is 0 Å². The number of benzene rings is 1. The molecule has 0 spiro atoms. The topological polar surface area (TPSA) is 76.5 Å². The van der Waals surface area contributed by atoms with Gasteiger partial charge in [-0.2, -0.15) is 0 Å². The average molecular weight is 335 g/mol. The lowest BCUT2D eigenvalue weighted by Crippen LogP contribution is -2.30. The van der Waals surface area contributed by atoms with Gasteiger partial charge in [0, 0.05) is 25.2 Å². The highest BCUT2D eigenvalue weighted by Crippen LogP contribution is 2.32. The molecule has 25 heavy (non-hydrogen) atoms. The minimum Gasteiger partial charge on any atom is -0.338 e. The molecule has 4 rings (SSSR count). The standard InChI is InChI=1S/C19H21N5O/c1-13-21-22-18-8-7-15(11-24(13)18)19(25)23-10-16(9-20)17(12-23)14-5-3-2-4-6-14/h2-8,11,16-17H,9-10,12,20H2,1H3/t16-,17+/m1/s1. The van der Waals surface area contributed by atoms with E-state index in [-0.39, 0.29) is 17.7 Å². The molecule has 3 heterocycles. The van der Waals surface area contributed by atoms with Gasteiger partial charge in [0.2, 0.25) is 0 Å². The summed E-state index contributed by atoms with van der Waals surface area (Å²) in [7, 11) is 0. The van der Waals surface area contributed by atoms with Gasteiger partial charge < -0.3 is 10.6 Å². The summed E-state index contributed by atoms with van der Waals surface area (Å²) in [4.78, 5) is 14.9. The first-order chi connectivity index (χ1) is 12.2. The molecule has 0 radical (unpaired) electrons. The molecule has 1 aliphatic rings. The number of hydrogen-bond acceptors (Lipinski definition) is 4. The fourth-order valence-electron chi connectivity index (χ4n) is 3.67. The van der Waals surface area contributed by atoms with Crippen molar-refractivity contribution in [2.45, 2.75) is 12.8 Å². The number of aromatic nitrogens is 3. The lowest BCUT2D eigenvalue weighted by atomic mass is 9.89. The Labute approximate surface area is 146 Å². The van der Waals surface area contributed by atoms with E-state index in [2.05, 4.69) is 22.3 Å². The van der Waals surface area contributed by atoms with E-state index in [1.165, 1.54) is 5.56 Å². The number of likely N-dealkylation sites (tertiary alicyclic amines) is 1.